The van der Waals surface area contributed by atoms with Gasteiger partial charge < -0.3 is 5.11 Å². The van der Waals surface area contributed by atoms with Crippen LogP contribution in [0.15, 0.2) is 35.7 Å². The Labute approximate surface area is 123 Å². The summed E-state index contributed by atoms with van der Waals surface area (Å²) in [6.07, 6.45) is 2.86. The highest BCUT2D eigenvalue weighted by molar-refractivity contribution is 6.06. The fraction of sp³-hybridized carbons (Fsp3) is 0.0769. The molecule has 2 aromatic heterocycles. The standard InChI is InChI=1S/C13H9N7O2/c1-20-11-7(3-2-4-8(11)13(21)22)9(18-20)10-12(17-19-14)16-6-5-15-10/h2-6H,1H3,(H,21,22). The molecule has 9 nitrogen and oxygen atoms in total. The summed E-state index contributed by atoms with van der Waals surface area (Å²) in [5.41, 5.74) is 9.92. The molecule has 108 valence electrons. The summed E-state index contributed by atoms with van der Waals surface area (Å²) in [7, 11) is 1.64. The minimum Gasteiger partial charge on any atom is -0.478 e. The maximum Gasteiger partial charge on any atom is 0.337 e. The monoisotopic (exact) mass is 295 g/mol. The number of carboxylic acid groups (broad SMARTS) is 1. The molecule has 1 N–H and O–H groups in total. The first kappa shape index (κ1) is 13.5. The number of hydrogen-bond donors (Lipinski definition) is 1. The highest BCUT2D eigenvalue weighted by Gasteiger charge is 2.19. The lowest BCUT2D eigenvalue weighted by Crippen LogP contribution is -2.00. The van der Waals surface area contributed by atoms with Crippen LogP contribution in [0.25, 0.3) is 32.7 Å². The lowest BCUT2D eigenvalue weighted by Gasteiger charge is -2.00. The number of benzene rings is 1. The fourth-order valence-corrected chi connectivity index (χ4v) is 2.30. The smallest absolute Gasteiger partial charge is 0.337 e. The summed E-state index contributed by atoms with van der Waals surface area (Å²) in [4.78, 5) is 22.2. The van der Waals surface area contributed by atoms with E-state index in [1.54, 1.807) is 19.2 Å². The van der Waals surface area contributed by atoms with E-state index in [0.717, 1.165) is 0 Å². The number of para-hydroxylation sites is 1. The maximum atomic E-state index is 11.3. The average molecular weight is 295 g/mol. The minimum absolute atomic E-state index is 0.0886. The highest BCUT2D eigenvalue weighted by Crippen LogP contribution is 2.32. The second-order valence-electron chi connectivity index (χ2n) is 4.40. The third-order valence-corrected chi connectivity index (χ3v) is 3.14. The van der Waals surface area contributed by atoms with Gasteiger partial charge in [-0.15, -0.1) is 0 Å². The van der Waals surface area contributed by atoms with Gasteiger partial charge in [-0.25, -0.2) is 4.79 Å². The van der Waals surface area contributed by atoms with Crippen molar-refractivity contribution in [2.45, 2.75) is 0 Å². The van der Waals surface area contributed by atoms with Gasteiger partial charge in [0.1, 0.15) is 11.4 Å². The summed E-state index contributed by atoms with van der Waals surface area (Å²) >= 11 is 0. The predicted molar refractivity (Wildman–Crippen MR) is 77.5 cm³/mol. The molecule has 0 spiro atoms. The molecule has 1 aromatic carbocycles. The zero-order valence-electron chi connectivity index (χ0n) is 11.4. The second-order valence-corrected chi connectivity index (χ2v) is 4.40. The predicted octanol–water partition coefficient (Wildman–Crippen LogP) is 2.67. The number of aromatic nitrogens is 4. The first-order valence-electron chi connectivity index (χ1n) is 6.19. The van der Waals surface area contributed by atoms with Gasteiger partial charge in [-0.05, 0) is 16.7 Å². The van der Waals surface area contributed by atoms with Crippen molar-refractivity contribution < 1.29 is 9.90 Å². The van der Waals surface area contributed by atoms with Gasteiger partial charge in [0.25, 0.3) is 0 Å². The van der Waals surface area contributed by atoms with Crippen molar-refractivity contribution >= 4 is 22.7 Å². The van der Waals surface area contributed by atoms with Crippen LogP contribution in [0.3, 0.4) is 0 Å². The van der Waals surface area contributed by atoms with Gasteiger partial charge in [-0.1, -0.05) is 12.1 Å². The number of nitrogens with zero attached hydrogens (tertiary/aromatic N) is 7. The zero-order valence-corrected chi connectivity index (χ0v) is 11.4. The molecule has 0 saturated heterocycles. The van der Waals surface area contributed by atoms with Crippen LogP contribution in [0.5, 0.6) is 0 Å². The number of carbonyl (C=O) groups is 1. The van der Waals surface area contributed by atoms with Gasteiger partial charge in [0.15, 0.2) is 5.82 Å². The van der Waals surface area contributed by atoms with Crippen molar-refractivity contribution in [2.24, 2.45) is 12.2 Å². The van der Waals surface area contributed by atoms with Crippen molar-refractivity contribution in [1.29, 1.82) is 0 Å². The third-order valence-electron chi connectivity index (χ3n) is 3.14. The Kier molecular flexibility index (Phi) is 3.17. The average Bonchev–Trinajstić information content (AvgIpc) is 2.85. The van der Waals surface area contributed by atoms with E-state index in [1.165, 1.54) is 23.1 Å². The van der Waals surface area contributed by atoms with E-state index in [0.29, 0.717) is 22.3 Å². The molecule has 3 aromatic rings. The number of carboxylic acids is 1. The summed E-state index contributed by atoms with van der Waals surface area (Å²) < 4.78 is 1.46. The van der Waals surface area contributed by atoms with E-state index >= 15 is 0 Å². The summed E-state index contributed by atoms with van der Waals surface area (Å²) in [5, 5.41) is 17.7. The van der Waals surface area contributed by atoms with Crippen molar-refractivity contribution in [3.63, 3.8) is 0 Å². The third kappa shape index (κ3) is 2.02. The molecule has 0 radical (unpaired) electrons. The molecule has 22 heavy (non-hydrogen) atoms. The van der Waals surface area contributed by atoms with Crippen LogP contribution >= 0.6 is 0 Å². The Hall–Kier alpha value is -3.45. The minimum atomic E-state index is -1.05. The molecule has 0 atom stereocenters. The van der Waals surface area contributed by atoms with E-state index in [-0.39, 0.29) is 11.4 Å². The largest absolute Gasteiger partial charge is 0.478 e. The first-order valence-corrected chi connectivity index (χ1v) is 6.19. The van der Waals surface area contributed by atoms with Gasteiger partial charge in [0.05, 0.1) is 11.1 Å². The molecule has 0 aliphatic rings. The van der Waals surface area contributed by atoms with Crippen molar-refractivity contribution in [1.82, 2.24) is 19.7 Å². The molecule has 9 heteroatoms. The Morgan fingerprint density at radius 1 is 1.32 bits per heavy atom. The van der Waals surface area contributed by atoms with Gasteiger partial charge in [0.2, 0.25) is 0 Å². The van der Waals surface area contributed by atoms with Gasteiger partial charge in [0, 0.05) is 29.7 Å². The number of aryl methyl sites for hydroxylation is 1. The Morgan fingerprint density at radius 3 is 2.82 bits per heavy atom. The molecule has 0 aliphatic carbocycles. The summed E-state index contributed by atoms with van der Waals surface area (Å²) in [6.45, 7) is 0. The second kappa shape index (κ2) is 5.15. The lowest BCUT2D eigenvalue weighted by atomic mass is 10.1. The summed E-state index contributed by atoms with van der Waals surface area (Å²) in [6, 6.07) is 4.86. The molecule has 0 fully saturated rings. The molecule has 0 unspecified atom stereocenters. The first-order chi connectivity index (χ1) is 10.6. The van der Waals surface area contributed by atoms with Crippen LogP contribution in [-0.4, -0.2) is 30.8 Å². The normalized spacial score (nSPS) is 10.4. The lowest BCUT2D eigenvalue weighted by molar-refractivity contribution is 0.0698. The number of azide groups is 1. The molecule has 0 saturated carbocycles. The molecule has 3 rings (SSSR count). The summed E-state index contributed by atoms with van der Waals surface area (Å²) in [5.74, 6) is -0.958. The van der Waals surface area contributed by atoms with Crippen molar-refractivity contribution in [2.75, 3.05) is 0 Å². The Balaban J connectivity index is 2.37. The van der Waals surface area contributed by atoms with E-state index in [2.05, 4.69) is 25.1 Å². The zero-order chi connectivity index (χ0) is 15.7. The Bertz CT molecular complexity index is 941. The van der Waals surface area contributed by atoms with E-state index in [9.17, 15) is 9.90 Å². The van der Waals surface area contributed by atoms with Crippen LogP contribution in [0.1, 0.15) is 10.4 Å². The molecular weight excluding hydrogens is 286 g/mol. The number of aromatic carboxylic acids is 1. The van der Waals surface area contributed by atoms with Gasteiger partial charge in [-0.2, -0.15) is 5.10 Å². The topological polar surface area (TPSA) is 130 Å². The van der Waals surface area contributed by atoms with Crippen LogP contribution in [-0.2, 0) is 7.05 Å². The van der Waals surface area contributed by atoms with Crippen molar-refractivity contribution in [3.8, 4) is 11.4 Å². The molecule has 0 amide bonds. The molecule has 2 heterocycles. The number of hydrogen-bond acceptors (Lipinski definition) is 5. The quantitative estimate of drug-likeness (QED) is 0.451. The molecule has 0 aliphatic heterocycles. The SMILES string of the molecule is Cn1nc(-c2nccnc2N=[N+]=[N-])c2cccc(C(=O)O)c21. The van der Waals surface area contributed by atoms with E-state index in [1.807, 2.05) is 0 Å². The highest BCUT2D eigenvalue weighted by atomic mass is 16.4. The van der Waals surface area contributed by atoms with E-state index < -0.39 is 5.97 Å². The van der Waals surface area contributed by atoms with Gasteiger partial charge >= 0.3 is 5.97 Å². The van der Waals surface area contributed by atoms with Crippen LogP contribution < -0.4 is 0 Å². The van der Waals surface area contributed by atoms with Gasteiger partial charge in [-0.3, -0.25) is 14.6 Å². The van der Waals surface area contributed by atoms with Crippen molar-refractivity contribution in [3.05, 3.63) is 46.6 Å². The number of rotatable bonds is 3. The molecule has 0 bridgehead atoms. The fourth-order valence-electron chi connectivity index (χ4n) is 2.30. The van der Waals surface area contributed by atoms with Crippen LogP contribution in [0.2, 0.25) is 0 Å². The Morgan fingerprint density at radius 2 is 2.09 bits per heavy atom. The maximum absolute atomic E-state index is 11.3. The van der Waals surface area contributed by atoms with Crippen LogP contribution in [0.4, 0.5) is 5.82 Å². The van der Waals surface area contributed by atoms with Crippen LogP contribution in [0, 0.1) is 0 Å². The molecular formula is C13H9N7O2. The van der Waals surface area contributed by atoms with E-state index in [4.69, 9.17) is 5.53 Å². The number of fused-ring (bicyclic) bond motifs is 1.